The fourth-order valence-electron chi connectivity index (χ4n) is 3.58. The maximum Gasteiger partial charge on any atom is 0.245 e. The third kappa shape index (κ3) is 3.42. The first-order valence-corrected chi connectivity index (χ1v) is 9.94. The second kappa shape index (κ2) is 6.99. The summed E-state index contributed by atoms with van der Waals surface area (Å²) in [5.74, 6) is -0.0838. The maximum absolute atomic E-state index is 13.1. The van der Waals surface area contributed by atoms with Crippen LogP contribution in [0.4, 0.5) is 0 Å². The summed E-state index contributed by atoms with van der Waals surface area (Å²) in [6, 6.07) is 6.13. The molecule has 0 radical (unpaired) electrons. The van der Waals surface area contributed by atoms with Crippen LogP contribution in [0.15, 0.2) is 41.8 Å². The Hall–Kier alpha value is -1.54. The quantitative estimate of drug-likeness (QED) is 0.590. The zero-order valence-electron chi connectivity index (χ0n) is 14.5. The van der Waals surface area contributed by atoms with Gasteiger partial charge >= 0.3 is 0 Å². The molecule has 0 aromatic heterocycles. The number of benzene rings is 1. The minimum absolute atomic E-state index is 0.0838. The van der Waals surface area contributed by atoms with Crippen molar-refractivity contribution in [3.8, 4) is 0 Å². The van der Waals surface area contributed by atoms with E-state index in [9.17, 15) is 13.2 Å². The fourth-order valence-corrected chi connectivity index (χ4v) is 5.31. The largest absolute Gasteiger partial charge is 0.358 e. The second-order valence-electron chi connectivity index (χ2n) is 6.54. The Balaban J connectivity index is 1.84. The number of ether oxygens (including phenoxy) is 1. The van der Waals surface area contributed by atoms with E-state index in [1.54, 1.807) is 12.1 Å². The van der Waals surface area contributed by atoms with Gasteiger partial charge in [-0.1, -0.05) is 18.2 Å². The Morgan fingerprint density at radius 3 is 2.44 bits per heavy atom. The predicted octanol–water partition coefficient (Wildman–Crippen LogP) is 1.89. The van der Waals surface area contributed by atoms with E-state index in [-0.39, 0.29) is 10.7 Å². The van der Waals surface area contributed by atoms with E-state index < -0.39 is 15.7 Å². The number of hydrogen-bond acceptors (Lipinski definition) is 5. The molecule has 0 amide bonds. The molecule has 2 saturated heterocycles. The molecule has 0 bridgehead atoms. The summed E-state index contributed by atoms with van der Waals surface area (Å²) in [7, 11) is -3.66. The lowest BCUT2D eigenvalue weighted by Crippen LogP contribution is -2.54. The van der Waals surface area contributed by atoms with E-state index in [1.165, 1.54) is 23.4 Å². The molecular weight excluding hydrogens is 340 g/mol. The molecule has 6 nitrogen and oxygen atoms in total. The van der Waals surface area contributed by atoms with Crippen molar-refractivity contribution in [1.29, 1.82) is 0 Å². The van der Waals surface area contributed by atoms with Crippen LogP contribution in [0.5, 0.6) is 0 Å². The first-order chi connectivity index (χ1) is 11.9. The molecular formula is C18H24N2O4S. The molecule has 2 fully saturated rings. The van der Waals surface area contributed by atoms with E-state index in [0.29, 0.717) is 31.6 Å². The lowest BCUT2D eigenvalue weighted by atomic mass is 10.0. The number of rotatable bonds is 5. The summed E-state index contributed by atoms with van der Waals surface area (Å²) >= 11 is 0. The van der Waals surface area contributed by atoms with E-state index in [2.05, 4.69) is 11.5 Å². The third-order valence-electron chi connectivity index (χ3n) is 4.99. The minimum Gasteiger partial charge on any atom is -0.358 e. The van der Waals surface area contributed by atoms with Gasteiger partial charge in [0.1, 0.15) is 5.72 Å². The standard InChI is InChI=1S/C18H24N2O4S/c1-3-10-19-11-8-18(9-12-19)20(13-14-24-18)25(22,23)17-6-4-16(5-7-17)15(2)21/h3-7H,1,8-14H2,2H3. The average molecular weight is 364 g/mol. The molecule has 1 aromatic rings. The van der Waals surface area contributed by atoms with Crippen LogP contribution in [0.3, 0.4) is 0 Å². The summed E-state index contributed by atoms with van der Waals surface area (Å²) in [4.78, 5) is 13.8. The van der Waals surface area contributed by atoms with Gasteiger partial charge in [-0.3, -0.25) is 9.69 Å². The van der Waals surface area contributed by atoms with Crippen LogP contribution in [0.25, 0.3) is 0 Å². The highest BCUT2D eigenvalue weighted by atomic mass is 32.2. The van der Waals surface area contributed by atoms with Crippen LogP contribution in [0.1, 0.15) is 30.1 Å². The number of likely N-dealkylation sites (tertiary alicyclic amines) is 1. The lowest BCUT2D eigenvalue weighted by molar-refractivity contribution is -0.0891. The molecule has 2 heterocycles. The monoisotopic (exact) mass is 364 g/mol. The summed E-state index contributed by atoms with van der Waals surface area (Å²) in [5.41, 5.74) is -0.250. The summed E-state index contributed by atoms with van der Waals surface area (Å²) < 4.78 is 33.7. The lowest BCUT2D eigenvalue weighted by Gasteiger charge is -2.42. The zero-order valence-corrected chi connectivity index (χ0v) is 15.3. The first kappa shape index (κ1) is 18.3. The van der Waals surface area contributed by atoms with Gasteiger partial charge in [0, 0.05) is 44.6 Å². The number of ketones is 1. The SMILES string of the molecule is C=CCN1CCC2(CC1)OCCN2S(=O)(=O)c1ccc(C(C)=O)cc1. The molecule has 136 valence electrons. The van der Waals surface area contributed by atoms with Gasteiger partial charge < -0.3 is 4.74 Å². The highest BCUT2D eigenvalue weighted by Crippen LogP contribution is 2.38. The number of nitrogens with zero attached hydrogens (tertiary/aromatic N) is 2. The van der Waals surface area contributed by atoms with Crippen molar-refractivity contribution >= 4 is 15.8 Å². The molecule has 3 rings (SSSR count). The smallest absolute Gasteiger partial charge is 0.245 e. The van der Waals surface area contributed by atoms with E-state index in [1.807, 2.05) is 6.08 Å². The molecule has 2 aliphatic rings. The highest BCUT2D eigenvalue weighted by Gasteiger charge is 2.50. The van der Waals surface area contributed by atoms with Gasteiger partial charge in [0.15, 0.2) is 5.78 Å². The Morgan fingerprint density at radius 1 is 1.24 bits per heavy atom. The van der Waals surface area contributed by atoms with Crippen LogP contribution >= 0.6 is 0 Å². The molecule has 0 unspecified atom stereocenters. The maximum atomic E-state index is 13.1. The normalized spacial score (nSPS) is 21.5. The third-order valence-corrected chi connectivity index (χ3v) is 6.96. The number of piperidine rings is 1. The van der Waals surface area contributed by atoms with Gasteiger partial charge in [-0.25, -0.2) is 8.42 Å². The van der Waals surface area contributed by atoms with Gasteiger partial charge in [-0.05, 0) is 19.1 Å². The van der Waals surface area contributed by atoms with Crippen molar-refractivity contribution < 1.29 is 17.9 Å². The number of Topliss-reactive ketones (excluding diaryl/α,β-unsaturated/α-hetero) is 1. The van der Waals surface area contributed by atoms with Gasteiger partial charge in [-0.2, -0.15) is 4.31 Å². The van der Waals surface area contributed by atoms with Crippen LogP contribution in [0.2, 0.25) is 0 Å². The molecule has 1 spiro atoms. The van der Waals surface area contributed by atoms with Crippen molar-refractivity contribution in [1.82, 2.24) is 9.21 Å². The Bertz CT molecular complexity index is 750. The number of sulfonamides is 1. The van der Waals surface area contributed by atoms with Crippen LogP contribution in [-0.4, -0.2) is 61.9 Å². The molecule has 1 aromatic carbocycles. The van der Waals surface area contributed by atoms with Gasteiger partial charge in [0.25, 0.3) is 0 Å². The minimum atomic E-state index is -3.66. The summed E-state index contributed by atoms with van der Waals surface area (Å²) in [6.45, 7) is 8.34. The predicted molar refractivity (Wildman–Crippen MR) is 94.9 cm³/mol. The van der Waals surface area contributed by atoms with Crippen molar-refractivity contribution in [3.63, 3.8) is 0 Å². The molecule has 0 saturated carbocycles. The zero-order chi connectivity index (χ0) is 18.1. The topological polar surface area (TPSA) is 66.9 Å². The highest BCUT2D eigenvalue weighted by molar-refractivity contribution is 7.89. The van der Waals surface area contributed by atoms with Crippen LogP contribution in [-0.2, 0) is 14.8 Å². The number of carbonyl (C=O) groups excluding carboxylic acids is 1. The van der Waals surface area contributed by atoms with Crippen molar-refractivity contribution in [3.05, 3.63) is 42.5 Å². The van der Waals surface area contributed by atoms with Crippen molar-refractivity contribution in [2.45, 2.75) is 30.4 Å². The molecule has 0 atom stereocenters. The van der Waals surface area contributed by atoms with E-state index >= 15 is 0 Å². The van der Waals surface area contributed by atoms with Crippen molar-refractivity contribution in [2.75, 3.05) is 32.8 Å². The van der Waals surface area contributed by atoms with Gasteiger partial charge in [0.05, 0.1) is 11.5 Å². The fraction of sp³-hybridized carbons (Fsp3) is 0.500. The number of carbonyl (C=O) groups is 1. The summed E-state index contributed by atoms with van der Waals surface area (Å²) in [6.07, 6.45) is 3.15. The van der Waals surface area contributed by atoms with Crippen LogP contribution in [0, 0.1) is 0 Å². The van der Waals surface area contributed by atoms with Crippen molar-refractivity contribution in [2.24, 2.45) is 0 Å². The Labute approximate surface area is 149 Å². The molecule has 2 aliphatic heterocycles. The Kier molecular flexibility index (Phi) is 5.11. The van der Waals surface area contributed by atoms with Gasteiger partial charge in [-0.15, -0.1) is 6.58 Å². The Morgan fingerprint density at radius 2 is 1.88 bits per heavy atom. The average Bonchev–Trinajstić information content (AvgIpc) is 3.01. The molecule has 0 aliphatic carbocycles. The number of hydrogen-bond donors (Lipinski definition) is 0. The molecule has 7 heteroatoms. The van der Waals surface area contributed by atoms with E-state index in [0.717, 1.165) is 19.6 Å². The van der Waals surface area contributed by atoms with Crippen LogP contribution < -0.4 is 0 Å². The first-order valence-electron chi connectivity index (χ1n) is 8.50. The molecule has 25 heavy (non-hydrogen) atoms. The molecule has 0 N–H and O–H groups in total. The van der Waals surface area contributed by atoms with Gasteiger partial charge in [0.2, 0.25) is 10.0 Å². The second-order valence-corrected chi connectivity index (χ2v) is 8.40. The summed E-state index contributed by atoms with van der Waals surface area (Å²) in [5, 5.41) is 0. The van der Waals surface area contributed by atoms with E-state index in [4.69, 9.17) is 4.74 Å².